The summed E-state index contributed by atoms with van der Waals surface area (Å²) in [5, 5.41) is 8.49. The number of hydrogen-bond acceptors (Lipinski definition) is 2. The number of allylic oxidation sites excluding steroid dienone is 6. The lowest BCUT2D eigenvalue weighted by atomic mass is 10.1. The number of carbonyl (C=O) groups is 2. The van der Waals surface area contributed by atoms with Crippen LogP contribution in [-0.2, 0) is 9.59 Å². The number of aliphatic carboxylic acids is 1. The maximum atomic E-state index is 11.7. The van der Waals surface area contributed by atoms with Gasteiger partial charge in [-0.1, -0.05) is 56.2 Å². The SMILES string of the molecule is CCCCCC=CCCC(=O)CC=CCC=CCCCC(=O)O. The van der Waals surface area contributed by atoms with Crippen LogP contribution >= 0.6 is 0 Å². The summed E-state index contributed by atoms with van der Waals surface area (Å²) >= 11 is 0. The minimum Gasteiger partial charge on any atom is -0.481 e. The van der Waals surface area contributed by atoms with E-state index in [4.69, 9.17) is 5.11 Å². The number of rotatable bonds is 15. The standard InChI is InChI=1S/C20H32O3/c1-2-3-4-5-7-10-13-16-19(21)17-14-11-8-6-9-12-15-18-20(22)23/h6-7,9-11,14H,2-5,8,12-13,15-18H2,1H3,(H,22,23). The fourth-order valence-corrected chi connectivity index (χ4v) is 2.07. The van der Waals surface area contributed by atoms with E-state index in [2.05, 4.69) is 19.1 Å². The molecule has 23 heavy (non-hydrogen) atoms. The molecule has 3 heteroatoms. The van der Waals surface area contributed by atoms with Gasteiger partial charge in [-0.15, -0.1) is 0 Å². The van der Waals surface area contributed by atoms with E-state index in [-0.39, 0.29) is 12.2 Å². The first-order chi connectivity index (χ1) is 11.2. The number of carboxylic acid groups (broad SMARTS) is 1. The molecule has 0 aliphatic carbocycles. The zero-order valence-electron chi connectivity index (χ0n) is 14.5. The normalized spacial score (nSPS) is 11.9. The van der Waals surface area contributed by atoms with Crippen molar-refractivity contribution >= 4 is 11.8 Å². The third kappa shape index (κ3) is 18.3. The van der Waals surface area contributed by atoms with Crippen LogP contribution in [0.1, 0.15) is 77.6 Å². The van der Waals surface area contributed by atoms with E-state index in [0.29, 0.717) is 19.3 Å². The Hall–Kier alpha value is -1.64. The fraction of sp³-hybridized carbons (Fsp3) is 0.600. The van der Waals surface area contributed by atoms with Gasteiger partial charge in [-0.2, -0.15) is 0 Å². The molecule has 0 aromatic rings. The smallest absolute Gasteiger partial charge is 0.303 e. The average Bonchev–Trinajstić information content (AvgIpc) is 2.52. The Morgan fingerprint density at radius 3 is 2.17 bits per heavy atom. The van der Waals surface area contributed by atoms with Crippen molar-refractivity contribution in [3.63, 3.8) is 0 Å². The van der Waals surface area contributed by atoms with Crippen molar-refractivity contribution in [1.29, 1.82) is 0 Å². The molecule has 3 nitrogen and oxygen atoms in total. The molecule has 0 aliphatic rings. The Bertz CT molecular complexity index is 392. The number of carbonyl (C=O) groups excluding carboxylic acids is 1. The number of ketones is 1. The largest absolute Gasteiger partial charge is 0.481 e. The highest BCUT2D eigenvalue weighted by Gasteiger charge is 1.96. The zero-order valence-corrected chi connectivity index (χ0v) is 14.5. The van der Waals surface area contributed by atoms with Gasteiger partial charge in [-0.25, -0.2) is 0 Å². The molecular weight excluding hydrogens is 288 g/mol. The van der Waals surface area contributed by atoms with Crippen molar-refractivity contribution in [3.05, 3.63) is 36.5 Å². The highest BCUT2D eigenvalue weighted by atomic mass is 16.4. The number of carboxylic acids is 1. The Balaban J connectivity index is 3.50. The molecule has 0 rings (SSSR count). The van der Waals surface area contributed by atoms with Gasteiger partial charge in [0.25, 0.3) is 0 Å². The summed E-state index contributed by atoms with van der Waals surface area (Å²) in [7, 11) is 0. The van der Waals surface area contributed by atoms with Gasteiger partial charge >= 0.3 is 5.97 Å². The van der Waals surface area contributed by atoms with Gasteiger partial charge in [0.05, 0.1) is 0 Å². The molecule has 0 amide bonds. The minimum absolute atomic E-state index is 0.224. The van der Waals surface area contributed by atoms with Crippen LogP contribution in [0.2, 0.25) is 0 Å². The Kier molecular flexibility index (Phi) is 15.5. The van der Waals surface area contributed by atoms with Crippen LogP contribution in [0, 0.1) is 0 Å². The van der Waals surface area contributed by atoms with E-state index in [1.807, 2.05) is 24.3 Å². The van der Waals surface area contributed by atoms with E-state index in [0.717, 1.165) is 25.7 Å². The molecule has 130 valence electrons. The maximum absolute atomic E-state index is 11.7. The molecule has 0 fully saturated rings. The quantitative estimate of drug-likeness (QED) is 0.315. The summed E-state index contributed by atoms with van der Waals surface area (Å²) < 4.78 is 0. The third-order valence-corrected chi connectivity index (χ3v) is 3.44. The molecule has 0 bridgehead atoms. The van der Waals surface area contributed by atoms with Gasteiger partial charge in [0, 0.05) is 19.3 Å². The monoisotopic (exact) mass is 320 g/mol. The molecule has 0 aromatic heterocycles. The van der Waals surface area contributed by atoms with Crippen molar-refractivity contribution in [2.45, 2.75) is 77.6 Å². The lowest BCUT2D eigenvalue weighted by Crippen LogP contribution is -1.93. The zero-order chi connectivity index (χ0) is 17.2. The highest BCUT2D eigenvalue weighted by Crippen LogP contribution is 2.03. The molecule has 0 saturated carbocycles. The van der Waals surface area contributed by atoms with E-state index in [1.165, 1.54) is 19.3 Å². The van der Waals surface area contributed by atoms with Gasteiger partial charge in [0.2, 0.25) is 0 Å². The molecule has 0 aliphatic heterocycles. The van der Waals surface area contributed by atoms with Crippen molar-refractivity contribution in [1.82, 2.24) is 0 Å². The number of unbranched alkanes of at least 4 members (excludes halogenated alkanes) is 4. The molecular formula is C20H32O3. The van der Waals surface area contributed by atoms with Gasteiger partial charge in [0.15, 0.2) is 0 Å². The van der Waals surface area contributed by atoms with Gasteiger partial charge in [0.1, 0.15) is 5.78 Å². The molecule has 0 heterocycles. The first-order valence-corrected chi connectivity index (χ1v) is 8.85. The first kappa shape index (κ1) is 21.4. The maximum Gasteiger partial charge on any atom is 0.303 e. The van der Waals surface area contributed by atoms with Crippen LogP contribution in [0.4, 0.5) is 0 Å². The third-order valence-electron chi connectivity index (χ3n) is 3.44. The van der Waals surface area contributed by atoms with E-state index >= 15 is 0 Å². The fourth-order valence-electron chi connectivity index (χ4n) is 2.07. The van der Waals surface area contributed by atoms with Crippen molar-refractivity contribution in [2.75, 3.05) is 0 Å². The minimum atomic E-state index is -0.743. The Morgan fingerprint density at radius 2 is 1.43 bits per heavy atom. The second kappa shape index (κ2) is 16.7. The van der Waals surface area contributed by atoms with E-state index < -0.39 is 5.97 Å². The highest BCUT2D eigenvalue weighted by molar-refractivity contribution is 5.79. The average molecular weight is 320 g/mol. The molecule has 0 atom stereocenters. The van der Waals surface area contributed by atoms with Gasteiger partial charge in [-0.3, -0.25) is 9.59 Å². The first-order valence-electron chi connectivity index (χ1n) is 8.85. The lowest BCUT2D eigenvalue weighted by Gasteiger charge is -1.94. The second-order valence-electron chi connectivity index (χ2n) is 5.71. The van der Waals surface area contributed by atoms with Crippen LogP contribution in [0.5, 0.6) is 0 Å². The summed E-state index contributed by atoms with van der Waals surface area (Å²) in [5.74, 6) is -0.461. The van der Waals surface area contributed by atoms with Crippen LogP contribution in [0.25, 0.3) is 0 Å². The van der Waals surface area contributed by atoms with Crippen LogP contribution in [-0.4, -0.2) is 16.9 Å². The topological polar surface area (TPSA) is 54.4 Å². The summed E-state index contributed by atoms with van der Waals surface area (Å²) in [6, 6.07) is 0. The summed E-state index contributed by atoms with van der Waals surface area (Å²) in [6.07, 6.45) is 21.6. The van der Waals surface area contributed by atoms with Crippen molar-refractivity contribution in [3.8, 4) is 0 Å². The Labute approximate surface area is 141 Å². The summed E-state index contributed by atoms with van der Waals surface area (Å²) in [5.41, 5.74) is 0. The predicted molar refractivity (Wildman–Crippen MR) is 96.5 cm³/mol. The van der Waals surface area contributed by atoms with E-state index in [1.54, 1.807) is 0 Å². The molecule has 1 N–H and O–H groups in total. The van der Waals surface area contributed by atoms with Gasteiger partial charge < -0.3 is 5.11 Å². The molecule has 0 saturated heterocycles. The molecule has 0 radical (unpaired) electrons. The van der Waals surface area contributed by atoms with Crippen molar-refractivity contribution in [2.24, 2.45) is 0 Å². The number of hydrogen-bond donors (Lipinski definition) is 1. The Morgan fingerprint density at radius 1 is 0.783 bits per heavy atom. The van der Waals surface area contributed by atoms with Crippen molar-refractivity contribution < 1.29 is 14.7 Å². The van der Waals surface area contributed by atoms with Crippen LogP contribution < -0.4 is 0 Å². The predicted octanol–water partition coefficient (Wildman–Crippen LogP) is 5.62. The summed E-state index contributed by atoms with van der Waals surface area (Å²) in [6.45, 7) is 2.20. The molecule has 0 unspecified atom stereocenters. The lowest BCUT2D eigenvalue weighted by molar-refractivity contribution is -0.137. The van der Waals surface area contributed by atoms with E-state index in [9.17, 15) is 9.59 Å². The van der Waals surface area contributed by atoms with Crippen LogP contribution in [0.3, 0.4) is 0 Å². The molecule has 0 aromatic carbocycles. The molecule has 0 spiro atoms. The van der Waals surface area contributed by atoms with Gasteiger partial charge in [-0.05, 0) is 38.5 Å². The second-order valence-corrected chi connectivity index (χ2v) is 5.71. The summed E-state index contributed by atoms with van der Waals surface area (Å²) in [4.78, 5) is 22.0. The number of Topliss-reactive ketones (excluding diaryl/α,β-unsaturated/α-hetero) is 1. The van der Waals surface area contributed by atoms with Crippen LogP contribution in [0.15, 0.2) is 36.5 Å².